The van der Waals surface area contributed by atoms with Crippen molar-refractivity contribution in [2.24, 2.45) is 0 Å². The summed E-state index contributed by atoms with van der Waals surface area (Å²) in [7, 11) is 0. The van der Waals surface area contributed by atoms with Crippen LogP contribution in [0.4, 0.5) is 5.69 Å². The Labute approximate surface area is 118 Å². The molecular weight excluding hydrogens is 323 g/mol. The van der Waals surface area contributed by atoms with Gasteiger partial charge in [-0.15, -0.1) is 0 Å². The highest BCUT2D eigenvalue weighted by atomic mass is 79.9. The van der Waals surface area contributed by atoms with E-state index in [1.165, 1.54) is 18.2 Å². The number of nitrogens with zero attached hydrogens (tertiary/aromatic N) is 1. The highest BCUT2D eigenvalue weighted by Crippen LogP contribution is 2.25. The van der Waals surface area contributed by atoms with Crippen LogP contribution in [0.15, 0.2) is 18.2 Å². The van der Waals surface area contributed by atoms with E-state index < -0.39 is 10.8 Å². The van der Waals surface area contributed by atoms with Crippen molar-refractivity contribution in [1.29, 1.82) is 0 Å². The summed E-state index contributed by atoms with van der Waals surface area (Å²) >= 11 is 9.20. The number of nitro groups is 1. The maximum absolute atomic E-state index is 11.9. The van der Waals surface area contributed by atoms with Crippen LogP contribution in [0.2, 0.25) is 5.02 Å². The van der Waals surface area contributed by atoms with E-state index >= 15 is 0 Å². The molecule has 0 spiro atoms. The lowest BCUT2D eigenvalue weighted by Gasteiger charge is -2.10. The van der Waals surface area contributed by atoms with Gasteiger partial charge in [0.15, 0.2) is 0 Å². The Morgan fingerprint density at radius 1 is 1.61 bits per heavy atom. The van der Waals surface area contributed by atoms with Crippen molar-refractivity contribution in [3.05, 3.63) is 38.9 Å². The molecule has 0 bridgehead atoms. The highest BCUT2D eigenvalue weighted by molar-refractivity contribution is 9.09. The predicted molar refractivity (Wildman–Crippen MR) is 73.4 cm³/mol. The Hall–Kier alpha value is -1.14. The first kappa shape index (κ1) is 14.9. The maximum atomic E-state index is 11.9. The van der Waals surface area contributed by atoms with Crippen LogP contribution in [0, 0.1) is 10.1 Å². The van der Waals surface area contributed by atoms with Gasteiger partial charge in [-0.05, 0) is 12.5 Å². The second-order valence-electron chi connectivity index (χ2n) is 3.61. The van der Waals surface area contributed by atoms with Crippen LogP contribution >= 0.6 is 27.5 Å². The Morgan fingerprint density at radius 3 is 2.83 bits per heavy atom. The minimum absolute atomic E-state index is 0.0734. The molecule has 0 aliphatic rings. The molecule has 5 nitrogen and oxygen atoms in total. The van der Waals surface area contributed by atoms with E-state index in [9.17, 15) is 14.9 Å². The van der Waals surface area contributed by atoms with Crippen molar-refractivity contribution in [1.82, 2.24) is 5.32 Å². The van der Waals surface area contributed by atoms with Crippen LogP contribution in [0.5, 0.6) is 0 Å². The average molecular weight is 336 g/mol. The van der Waals surface area contributed by atoms with Crippen molar-refractivity contribution >= 4 is 39.1 Å². The number of benzene rings is 1. The van der Waals surface area contributed by atoms with Crippen LogP contribution in [0.3, 0.4) is 0 Å². The van der Waals surface area contributed by atoms with Gasteiger partial charge in [0.2, 0.25) is 0 Å². The van der Waals surface area contributed by atoms with Crippen LogP contribution < -0.4 is 5.32 Å². The fourth-order valence-electron chi connectivity index (χ4n) is 1.33. The third-order valence-corrected chi connectivity index (χ3v) is 3.63. The second-order valence-corrected chi connectivity index (χ2v) is 5.31. The van der Waals surface area contributed by atoms with Gasteiger partial charge in [-0.25, -0.2) is 0 Å². The van der Waals surface area contributed by atoms with Crippen LogP contribution in [-0.2, 0) is 0 Å². The maximum Gasteiger partial charge on any atom is 0.283 e. The summed E-state index contributed by atoms with van der Waals surface area (Å²) < 4.78 is 0. The Bertz CT molecular complexity index is 468. The first-order valence-corrected chi connectivity index (χ1v) is 6.61. The van der Waals surface area contributed by atoms with E-state index in [0.717, 1.165) is 6.42 Å². The molecule has 0 aliphatic heterocycles. The SMILES string of the molecule is CCC(Br)CNC(=O)c1c(Cl)cccc1[N+](=O)[O-]. The standard InChI is InChI=1S/C11H12BrClN2O3/c1-2-7(12)6-14-11(16)10-8(13)4-3-5-9(10)15(17)18/h3-5,7H,2,6H2,1H3,(H,14,16). The normalized spacial score (nSPS) is 11.9. The Balaban J connectivity index is 2.94. The smallest absolute Gasteiger partial charge is 0.283 e. The van der Waals surface area contributed by atoms with Gasteiger partial charge in [0.25, 0.3) is 11.6 Å². The van der Waals surface area contributed by atoms with Gasteiger partial charge in [-0.1, -0.05) is 40.5 Å². The molecular formula is C11H12BrClN2O3. The summed E-state index contributed by atoms with van der Waals surface area (Å²) in [5.74, 6) is -0.537. The molecule has 98 valence electrons. The van der Waals surface area contributed by atoms with Crippen LogP contribution in [0.25, 0.3) is 0 Å². The number of alkyl halides is 1. The van der Waals surface area contributed by atoms with Crippen molar-refractivity contribution in [3.63, 3.8) is 0 Å². The molecule has 1 atom stereocenters. The molecule has 1 amide bonds. The van der Waals surface area contributed by atoms with E-state index in [1.54, 1.807) is 0 Å². The molecule has 1 unspecified atom stereocenters. The van der Waals surface area contributed by atoms with E-state index in [1.807, 2.05) is 6.92 Å². The minimum atomic E-state index is -0.619. The molecule has 0 aliphatic carbocycles. The molecule has 18 heavy (non-hydrogen) atoms. The number of nitrogens with one attached hydrogen (secondary N) is 1. The summed E-state index contributed by atoms with van der Waals surface area (Å²) in [5.41, 5.74) is -0.386. The van der Waals surface area contributed by atoms with Gasteiger partial charge in [-0.3, -0.25) is 14.9 Å². The van der Waals surface area contributed by atoms with Crippen molar-refractivity contribution in [3.8, 4) is 0 Å². The summed E-state index contributed by atoms with van der Waals surface area (Å²) in [6.45, 7) is 2.35. The first-order chi connectivity index (χ1) is 8.47. The zero-order chi connectivity index (χ0) is 13.7. The number of carbonyl (C=O) groups excluding carboxylic acids is 1. The average Bonchev–Trinajstić information content (AvgIpc) is 2.34. The summed E-state index contributed by atoms with van der Waals surface area (Å²) in [4.78, 5) is 22.2. The van der Waals surface area contributed by atoms with Gasteiger partial charge in [0.1, 0.15) is 5.56 Å². The minimum Gasteiger partial charge on any atom is -0.351 e. The van der Waals surface area contributed by atoms with E-state index in [2.05, 4.69) is 21.2 Å². The van der Waals surface area contributed by atoms with Gasteiger partial charge in [0.05, 0.1) is 9.95 Å². The van der Waals surface area contributed by atoms with Gasteiger partial charge in [-0.2, -0.15) is 0 Å². The van der Waals surface area contributed by atoms with E-state index in [-0.39, 0.29) is 21.1 Å². The molecule has 0 fully saturated rings. The molecule has 0 saturated carbocycles. The quantitative estimate of drug-likeness (QED) is 0.510. The van der Waals surface area contributed by atoms with E-state index in [4.69, 9.17) is 11.6 Å². The number of hydrogen-bond donors (Lipinski definition) is 1. The lowest BCUT2D eigenvalue weighted by atomic mass is 10.1. The van der Waals surface area contributed by atoms with Crippen molar-refractivity contribution in [2.45, 2.75) is 18.2 Å². The molecule has 1 aromatic rings. The molecule has 1 N–H and O–H groups in total. The topological polar surface area (TPSA) is 72.2 Å². The molecule has 1 rings (SSSR count). The lowest BCUT2D eigenvalue weighted by molar-refractivity contribution is -0.385. The van der Waals surface area contributed by atoms with Gasteiger partial charge >= 0.3 is 0 Å². The molecule has 0 saturated heterocycles. The zero-order valence-corrected chi connectivity index (χ0v) is 12.0. The van der Waals surface area contributed by atoms with Gasteiger partial charge < -0.3 is 5.32 Å². The molecule has 1 aromatic carbocycles. The van der Waals surface area contributed by atoms with Crippen LogP contribution in [0.1, 0.15) is 23.7 Å². The number of amides is 1. The fourth-order valence-corrected chi connectivity index (χ4v) is 1.74. The number of carbonyl (C=O) groups is 1. The van der Waals surface area contributed by atoms with Crippen molar-refractivity contribution < 1.29 is 9.72 Å². The Kier molecular flexibility index (Phi) is 5.55. The van der Waals surface area contributed by atoms with E-state index in [0.29, 0.717) is 6.54 Å². The lowest BCUT2D eigenvalue weighted by Crippen LogP contribution is -2.30. The zero-order valence-electron chi connectivity index (χ0n) is 9.65. The van der Waals surface area contributed by atoms with Crippen LogP contribution in [-0.4, -0.2) is 22.2 Å². The highest BCUT2D eigenvalue weighted by Gasteiger charge is 2.23. The fraction of sp³-hybridized carbons (Fsp3) is 0.364. The number of halogens is 2. The largest absolute Gasteiger partial charge is 0.351 e. The van der Waals surface area contributed by atoms with Gasteiger partial charge in [0, 0.05) is 17.4 Å². The number of rotatable bonds is 5. The molecule has 0 aromatic heterocycles. The molecule has 0 radical (unpaired) electrons. The predicted octanol–water partition coefficient (Wildman–Crippen LogP) is 3.15. The number of nitro benzene ring substituents is 1. The third-order valence-electron chi connectivity index (χ3n) is 2.34. The third kappa shape index (κ3) is 3.68. The number of hydrogen-bond acceptors (Lipinski definition) is 3. The molecule has 7 heteroatoms. The second kappa shape index (κ2) is 6.70. The summed E-state index contributed by atoms with van der Waals surface area (Å²) in [6.07, 6.45) is 0.838. The summed E-state index contributed by atoms with van der Waals surface area (Å²) in [6, 6.07) is 4.15. The monoisotopic (exact) mass is 334 g/mol. The van der Waals surface area contributed by atoms with Crippen molar-refractivity contribution in [2.75, 3.05) is 6.54 Å². The molecule has 0 heterocycles. The Morgan fingerprint density at radius 2 is 2.28 bits per heavy atom. The summed E-state index contributed by atoms with van der Waals surface area (Å²) in [5, 5.41) is 13.5. The first-order valence-electron chi connectivity index (χ1n) is 5.32.